The highest BCUT2D eigenvalue weighted by molar-refractivity contribution is 5.96. The van der Waals surface area contributed by atoms with Crippen molar-refractivity contribution >= 4 is 11.9 Å². The van der Waals surface area contributed by atoms with Gasteiger partial charge in [0.25, 0.3) is 0 Å². The van der Waals surface area contributed by atoms with Gasteiger partial charge in [-0.25, -0.2) is 9.59 Å². The molecule has 2 heterocycles. The van der Waals surface area contributed by atoms with Crippen LogP contribution in [0.5, 0.6) is 0 Å². The fourth-order valence-electron chi connectivity index (χ4n) is 2.08. The van der Waals surface area contributed by atoms with E-state index < -0.39 is 11.9 Å². The summed E-state index contributed by atoms with van der Waals surface area (Å²) in [7, 11) is 0. The van der Waals surface area contributed by atoms with Crippen molar-refractivity contribution in [3.05, 3.63) is 34.4 Å². The summed E-state index contributed by atoms with van der Waals surface area (Å²) in [5.74, 6) is -0.801. The lowest BCUT2D eigenvalue weighted by Gasteiger charge is -2.11. The Bertz CT molecular complexity index is 547. The predicted octanol–water partition coefficient (Wildman–Crippen LogP) is 1.41. The molecular formula is C16H18O6. The summed E-state index contributed by atoms with van der Waals surface area (Å²) in [6.45, 7) is 5.35. The van der Waals surface area contributed by atoms with Crippen LogP contribution >= 0.6 is 0 Å². The molecule has 0 aromatic heterocycles. The van der Waals surface area contributed by atoms with Crippen LogP contribution in [0, 0.1) is 13.8 Å². The van der Waals surface area contributed by atoms with Gasteiger partial charge in [-0.05, 0) is 37.1 Å². The largest absolute Gasteiger partial charge is 0.459 e. The van der Waals surface area contributed by atoms with Crippen LogP contribution in [0.2, 0.25) is 0 Å². The van der Waals surface area contributed by atoms with Crippen molar-refractivity contribution in [2.45, 2.75) is 26.1 Å². The molecule has 118 valence electrons. The Hall–Kier alpha value is -1.92. The molecule has 0 amide bonds. The standard InChI is InChI=1S/C16H18O6/c1-9-3-14(16(18)22-8-12-6-20-12)10(2)4-13(9)15(17)21-7-11-5-19-11/h3-4,11-12H,5-8H2,1-2H3/t11-,12?/m1/s1. The molecule has 2 fully saturated rings. The molecule has 1 aromatic carbocycles. The minimum absolute atomic E-state index is 0.0317. The van der Waals surface area contributed by atoms with Gasteiger partial charge in [-0.15, -0.1) is 0 Å². The van der Waals surface area contributed by atoms with Crippen molar-refractivity contribution in [1.29, 1.82) is 0 Å². The summed E-state index contributed by atoms with van der Waals surface area (Å²) >= 11 is 0. The van der Waals surface area contributed by atoms with E-state index in [2.05, 4.69) is 0 Å². The van der Waals surface area contributed by atoms with Gasteiger partial charge in [0.1, 0.15) is 25.4 Å². The van der Waals surface area contributed by atoms with Gasteiger partial charge in [0.2, 0.25) is 0 Å². The SMILES string of the molecule is Cc1cc(C(=O)OC[C@H]2CO2)c(C)cc1C(=O)OCC1CO1. The maximum absolute atomic E-state index is 12.0. The van der Waals surface area contributed by atoms with Crippen molar-refractivity contribution in [1.82, 2.24) is 0 Å². The summed E-state index contributed by atoms with van der Waals surface area (Å²) < 4.78 is 20.4. The van der Waals surface area contributed by atoms with E-state index in [0.29, 0.717) is 35.5 Å². The summed E-state index contributed by atoms with van der Waals surface area (Å²) in [6.07, 6.45) is 0.0634. The van der Waals surface area contributed by atoms with E-state index in [1.54, 1.807) is 26.0 Å². The number of benzene rings is 1. The van der Waals surface area contributed by atoms with E-state index in [0.717, 1.165) is 0 Å². The second kappa shape index (κ2) is 6.06. The van der Waals surface area contributed by atoms with Crippen LogP contribution in [0.25, 0.3) is 0 Å². The van der Waals surface area contributed by atoms with Crippen molar-refractivity contribution in [3.8, 4) is 0 Å². The lowest BCUT2D eigenvalue weighted by atomic mass is 10.00. The fourth-order valence-corrected chi connectivity index (χ4v) is 2.08. The van der Waals surface area contributed by atoms with E-state index in [1.165, 1.54) is 0 Å². The van der Waals surface area contributed by atoms with E-state index in [-0.39, 0.29) is 25.4 Å². The summed E-state index contributed by atoms with van der Waals surface area (Å²) in [5.41, 5.74) is 2.28. The highest BCUT2D eigenvalue weighted by Gasteiger charge is 2.27. The molecule has 6 heteroatoms. The quantitative estimate of drug-likeness (QED) is 0.584. The third kappa shape index (κ3) is 3.64. The summed E-state index contributed by atoms with van der Waals surface area (Å²) in [5, 5.41) is 0. The van der Waals surface area contributed by atoms with Crippen LogP contribution in [0.4, 0.5) is 0 Å². The number of esters is 2. The molecule has 1 unspecified atom stereocenters. The zero-order chi connectivity index (χ0) is 15.7. The monoisotopic (exact) mass is 306 g/mol. The van der Waals surface area contributed by atoms with Gasteiger partial charge < -0.3 is 18.9 Å². The highest BCUT2D eigenvalue weighted by Crippen LogP contribution is 2.20. The van der Waals surface area contributed by atoms with Crippen molar-refractivity contribution < 1.29 is 28.5 Å². The van der Waals surface area contributed by atoms with Gasteiger partial charge in [0.05, 0.1) is 24.3 Å². The van der Waals surface area contributed by atoms with Gasteiger partial charge in [0, 0.05) is 0 Å². The number of ether oxygens (including phenoxy) is 4. The Labute approximate surface area is 128 Å². The molecule has 0 spiro atoms. The molecule has 0 radical (unpaired) electrons. The minimum atomic E-state index is -0.401. The zero-order valence-electron chi connectivity index (χ0n) is 12.6. The lowest BCUT2D eigenvalue weighted by Crippen LogP contribution is -2.15. The lowest BCUT2D eigenvalue weighted by molar-refractivity contribution is 0.0462. The number of epoxide rings is 2. The van der Waals surface area contributed by atoms with Gasteiger partial charge in [-0.1, -0.05) is 0 Å². The molecule has 0 N–H and O–H groups in total. The van der Waals surface area contributed by atoms with Crippen LogP contribution in [-0.4, -0.2) is 50.6 Å². The molecule has 0 bridgehead atoms. The van der Waals surface area contributed by atoms with Crippen LogP contribution < -0.4 is 0 Å². The normalized spacial score (nSPS) is 22.1. The van der Waals surface area contributed by atoms with Gasteiger partial charge in [-0.3, -0.25) is 0 Å². The first kappa shape index (κ1) is 15.0. The van der Waals surface area contributed by atoms with E-state index in [9.17, 15) is 9.59 Å². The number of hydrogen-bond acceptors (Lipinski definition) is 6. The number of hydrogen-bond donors (Lipinski definition) is 0. The molecule has 3 rings (SSSR count). The molecule has 2 saturated heterocycles. The Morgan fingerprint density at radius 1 is 0.955 bits per heavy atom. The molecule has 6 nitrogen and oxygen atoms in total. The number of aryl methyl sites for hydroxylation is 2. The second-order valence-electron chi connectivity index (χ2n) is 5.59. The summed E-state index contributed by atoms with van der Waals surface area (Å²) in [6, 6.07) is 3.32. The molecule has 22 heavy (non-hydrogen) atoms. The maximum Gasteiger partial charge on any atom is 0.338 e. The Morgan fingerprint density at radius 3 is 1.64 bits per heavy atom. The average Bonchev–Trinajstić information content (AvgIpc) is 3.37. The topological polar surface area (TPSA) is 77.7 Å². The van der Waals surface area contributed by atoms with E-state index in [4.69, 9.17) is 18.9 Å². The molecule has 0 aliphatic carbocycles. The van der Waals surface area contributed by atoms with Crippen LogP contribution in [0.1, 0.15) is 31.8 Å². The second-order valence-corrected chi connectivity index (χ2v) is 5.59. The zero-order valence-corrected chi connectivity index (χ0v) is 12.6. The molecule has 1 aromatic rings. The number of carbonyl (C=O) groups excluding carboxylic acids is 2. The van der Waals surface area contributed by atoms with Gasteiger partial charge in [0.15, 0.2) is 0 Å². The minimum Gasteiger partial charge on any atom is -0.459 e. The number of carbonyl (C=O) groups is 2. The first-order chi connectivity index (χ1) is 10.5. The van der Waals surface area contributed by atoms with Crippen molar-refractivity contribution in [2.75, 3.05) is 26.4 Å². The van der Waals surface area contributed by atoms with Crippen LogP contribution in [0.3, 0.4) is 0 Å². The summed E-state index contributed by atoms with van der Waals surface area (Å²) in [4.78, 5) is 24.1. The maximum atomic E-state index is 12.0. The van der Waals surface area contributed by atoms with Gasteiger partial charge in [-0.2, -0.15) is 0 Å². The Morgan fingerprint density at radius 2 is 1.32 bits per heavy atom. The Kier molecular flexibility index (Phi) is 4.13. The number of rotatable bonds is 6. The van der Waals surface area contributed by atoms with Crippen molar-refractivity contribution in [3.63, 3.8) is 0 Å². The van der Waals surface area contributed by atoms with Crippen LogP contribution in [0.15, 0.2) is 12.1 Å². The van der Waals surface area contributed by atoms with Crippen molar-refractivity contribution in [2.24, 2.45) is 0 Å². The fraction of sp³-hybridized carbons (Fsp3) is 0.500. The smallest absolute Gasteiger partial charge is 0.338 e. The highest BCUT2D eigenvalue weighted by atomic mass is 16.6. The van der Waals surface area contributed by atoms with E-state index >= 15 is 0 Å². The average molecular weight is 306 g/mol. The molecule has 0 saturated carbocycles. The Balaban J connectivity index is 1.68. The molecule has 2 aliphatic rings. The van der Waals surface area contributed by atoms with E-state index in [1.807, 2.05) is 0 Å². The third-order valence-electron chi connectivity index (χ3n) is 3.62. The molecule has 2 atom stereocenters. The first-order valence-corrected chi connectivity index (χ1v) is 7.23. The van der Waals surface area contributed by atoms with Crippen LogP contribution in [-0.2, 0) is 18.9 Å². The third-order valence-corrected chi connectivity index (χ3v) is 3.62. The molecule has 2 aliphatic heterocycles. The first-order valence-electron chi connectivity index (χ1n) is 7.23. The predicted molar refractivity (Wildman–Crippen MR) is 76.0 cm³/mol. The van der Waals surface area contributed by atoms with Gasteiger partial charge >= 0.3 is 11.9 Å². The molecular weight excluding hydrogens is 288 g/mol.